The van der Waals surface area contributed by atoms with Crippen LogP contribution >= 0.6 is 0 Å². The average molecular weight is 259 g/mol. The van der Waals surface area contributed by atoms with Crippen LogP contribution in [0, 0.1) is 0 Å². The number of carbonyl (C=O) groups excluding carboxylic acids is 2. The van der Waals surface area contributed by atoms with Gasteiger partial charge in [-0.2, -0.15) is 0 Å². The van der Waals surface area contributed by atoms with Crippen LogP contribution in [0.15, 0.2) is 30.5 Å². The second kappa shape index (κ2) is 5.56. The summed E-state index contributed by atoms with van der Waals surface area (Å²) in [5.41, 5.74) is 6.38. The summed E-state index contributed by atoms with van der Waals surface area (Å²) in [5.74, 6) is -0.489. The molecule has 0 saturated heterocycles. The average Bonchev–Trinajstić information content (AvgIpc) is 2.75. The Morgan fingerprint density at radius 2 is 1.95 bits per heavy atom. The number of nitrogens with one attached hydrogen (secondary N) is 2. The zero-order chi connectivity index (χ0) is 13.8. The molecule has 0 aliphatic carbocycles. The van der Waals surface area contributed by atoms with E-state index in [0.717, 1.165) is 17.3 Å². The first-order valence-electron chi connectivity index (χ1n) is 6.26. The molecule has 2 N–H and O–H groups in total. The highest BCUT2D eigenvalue weighted by molar-refractivity contribution is 6.07. The molecule has 5 heteroatoms. The van der Waals surface area contributed by atoms with Crippen LogP contribution in [0.2, 0.25) is 0 Å². The van der Waals surface area contributed by atoms with E-state index in [0.29, 0.717) is 12.0 Å². The van der Waals surface area contributed by atoms with Crippen LogP contribution in [0.5, 0.6) is 0 Å². The molecule has 1 aromatic heterocycles. The minimum absolute atomic E-state index is 0.184. The van der Waals surface area contributed by atoms with Crippen molar-refractivity contribution >= 4 is 22.7 Å². The smallest absolute Gasteiger partial charge is 0.271 e. The number of hydrogen-bond donors (Lipinski definition) is 2. The zero-order valence-electron chi connectivity index (χ0n) is 11.1. The first-order valence-corrected chi connectivity index (χ1v) is 6.26. The predicted octanol–water partition coefficient (Wildman–Crippen LogP) is 1.74. The molecule has 19 heavy (non-hydrogen) atoms. The number of aromatic nitrogens is 1. The lowest BCUT2D eigenvalue weighted by Crippen LogP contribution is -2.41. The molecular formula is C14H17N3O2. The highest BCUT2D eigenvalue weighted by Gasteiger charge is 2.13. The minimum Gasteiger partial charge on any atom is -0.350 e. The van der Waals surface area contributed by atoms with Gasteiger partial charge in [-0.05, 0) is 12.5 Å². The van der Waals surface area contributed by atoms with Crippen LogP contribution in [0.1, 0.15) is 30.1 Å². The molecule has 0 spiro atoms. The molecule has 1 heterocycles. The molecule has 0 atom stereocenters. The Hall–Kier alpha value is -2.30. The van der Waals surface area contributed by atoms with E-state index in [1.807, 2.05) is 42.8 Å². The van der Waals surface area contributed by atoms with Gasteiger partial charge in [0.1, 0.15) is 0 Å². The fourth-order valence-corrected chi connectivity index (χ4v) is 2.01. The lowest BCUT2D eigenvalue weighted by atomic mass is 10.2. The van der Waals surface area contributed by atoms with Gasteiger partial charge in [0.2, 0.25) is 5.91 Å². The number of amides is 2. The highest BCUT2D eigenvalue weighted by Crippen LogP contribution is 2.19. The van der Waals surface area contributed by atoms with E-state index in [2.05, 4.69) is 10.9 Å². The lowest BCUT2D eigenvalue weighted by molar-refractivity contribution is -0.121. The standard InChI is InChI=1S/C14H17N3O2/c1-3-6-13(18)15-16-14(19)11-9-17(2)12-8-5-4-7-10(11)12/h4-5,7-9H,3,6H2,1-2H3,(H,15,18)(H,16,19). The van der Waals surface area contributed by atoms with Crippen molar-refractivity contribution in [3.63, 3.8) is 0 Å². The van der Waals surface area contributed by atoms with Gasteiger partial charge in [-0.15, -0.1) is 0 Å². The maximum absolute atomic E-state index is 12.0. The summed E-state index contributed by atoms with van der Waals surface area (Å²) >= 11 is 0. The van der Waals surface area contributed by atoms with Crippen LogP contribution in [-0.2, 0) is 11.8 Å². The Morgan fingerprint density at radius 3 is 2.68 bits per heavy atom. The largest absolute Gasteiger partial charge is 0.350 e. The Balaban J connectivity index is 2.16. The number of benzene rings is 1. The van der Waals surface area contributed by atoms with E-state index in [1.165, 1.54) is 0 Å². The monoisotopic (exact) mass is 259 g/mol. The Labute approximate surface area is 111 Å². The topological polar surface area (TPSA) is 63.1 Å². The fourth-order valence-electron chi connectivity index (χ4n) is 2.01. The molecular weight excluding hydrogens is 242 g/mol. The Bertz CT molecular complexity index is 616. The van der Waals surface area contributed by atoms with Crippen molar-refractivity contribution in [2.45, 2.75) is 19.8 Å². The third kappa shape index (κ3) is 2.76. The number of carbonyl (C=O) groups is 2. The van der Waals surface area contributed by atoms with Gasteiger partial charge in [0.15, 0.2) is 0 Å². The molecule has 2 amide bonds. The minimum atomic E-state index is -0.304. The van der Waals surface area contributed by atoms with Crippen molar-refractivity contribution in [3.8, 4) is 0 Å². The highest BCUT2D eigenvalue weighted by atomic mass is 16.2. The van der Waals surface area contributed by atoms with Gasteiger partial charge in [0.25, 0.3) is 5.91 Å². The van der Waals surface area contributed by atoms with E-state index in [1.54, 1.807) is 6.20 Å². The van der Waals surface area contributed by atoms with Crippen molar-refractivity contribution in [3.05, 3.63) is 36.0 Å². The quantitative estimate of drug-likeness (QED) is 0.825. The van der Waals surface area contributed by atoms with E-state index >= 15 is 0 Å². The van der Waals surface area contributed by atoms with Crippen LogP contribution in [-0.4, -0.2) is 16.4 Å². The number of aryl methyl sites for hydroxylation is 1. The Morgan fingerprint density at radius 1 is 1.21 bits per heavy atom. The third-order valence-corrected chi connectivity index (χ3v) is 2.93. The number of nitrogens with zero attached hydrogens (tertiary/aromatic N) is 1. The van der Waals surface area contributed by atoms with Crippen molar-refractivity contribution < 1.29 is 9.59 Å². The summed E-state index contributed by atoms with van der Waals surface area (Å²) in [6, 6.07) is 7.64. The molecule has 2 rings (SSSR count). The van der Waals surface area contributed by atoms with Gasteiger partial charge < -0.3 is 4.57 Å². The number of para-hydroxylation sites is 1. The number of rotatable bonds is 3. The van der Waals surface area contributed by atoms with Crippen molar-refractivity contribution in [2.75, 3.05) is 0 Å². The molecule has 0 fully saturated rings. The van der Waals surface area contributed by atoms with Crippen LogP contribution in [0.25, 0.3) is 10.9 Å². The van der Waals surface area contributed by atoms with Crippen LogP contribution in [0.4, 0.5) is 0 Å². The van der Waals surface area contributed by atoms with Gasteiger partial charge in [0, 0.05) is 30.6 Å². The van der Waals surface area contributed by atoms with Crippen molar-refractivity contribution in [1.82, 2.24) is 15.4 Å². The molecule has 0 unspecified atom stereocenters. The van der Waals surface area contributed by atoms with E-state index in [-0.39, 0.29) is 11.8 Å². The van der Waals surface area contributed by atoms with Crippen molar-refractivity contribution in [1.29, 1.82) is 0 Å². The summed E-state index contributed by atoms with van der Waals surface area (Å²) in [5, 5.41) is 0.868. The molecule has 0 aliphatic rings. The van der Waals surface area contributed by atoms with Gasteiger partial charge >= 0.3 is 0 Å². The predicted molar refractivity (Wildman–Crippen MR) is 73.4 cm³/mol. The molecule has 0 saturated carbocycles. The van der Waals surface area contributed by atoms with Gasteiger partial charge in [0.05, 0.1) is 5.56 Å². The van der Waals surface area contributed by atoms with E-state index in [9.17, 15) is 9.59 Å². The fraction of sp³-hybridized carbons (Fsp3) is 0.286. The van der Waals surface area contributed by atoms with E-state index in [4.69, 9.17) is 0 Å². The molecule has 0 bridgehead atoms. The number of hydrazine groups is 1. The first kappa shape index (κ1) is 13.1. The zero-order valence-corrected chi connectivity index (χ0v) is 11.1. The molecule has 100 valence electrons. The first-order chi connectivity index (χ1) is 9.13. The summed E-state index contributed by atoms with van der Waals surface area (Å²) in [6.07, 6.45) is 2.90. The summed E-state index contributed by atoms with van der Waals surface area (Å²) in [4.78, 5) is 23.4. The Kier molecular flexibility index (Phi) is 3.85. The van der Waals surface area contributed by atoms with Crippen molar-refractivity contribution in [2.24, 2.45) is 7.05 Å². The molecule has 1 aromatic carbocycles. The number of fused-ring (bicyclic) bond motifs is 1. The third-order valence-electron chi connectivity index (χ3n) is 2.93. The van der Waals surface area contributed by atoms with Gasteiger partial charge in [-0.25, -0.2) is 0 Å². The maximum atomic E-state index is 12.0. The lowest BCUT2D eigenvalue weighted by Gasteiger charge is -2.05. The van der Waals surface area contributed by atoms with Crippen LogP contribution < -0.4 is 10.9 Å². The summed E-state index contributed by atoms with van der Waals surface area (Å²) in [6.45, 7) is 1.91. The number of hydrogen-bond acceptors (Lipinski definition) is 2. The molecule has 0 radical (unpaired) electrons. The SMILES string of the molecule is CCCC(=O)NNC(=O)c1cn(C)c2ccccc12. The molecule has 2 aromatic rings. The second-order valence-corrected chi connectivity index (χ2v) is 4.42. The normalized spacial score (nSPS) is 10.4. The summed E-state index contributed by atoms with van der Waals surface area (Å²) < 4.78 is 1.89. The second-order valence-electron chi connectivity index (χ2n) is 4.42. The van der Waals surface area contributed by atoms with E-state index < -0.39 is 0 Å². The van der Waals surface area contributed by atoms with Gasteiger partial charge in [-0.1, -0.05) is 25.1 Å². The summed E-state index contributed by atoms with van der Waals surface area (Å²) in [7, 11) is 1.88. The maximum Gasteiger partial charge on any atom is 0.271 e. The van der Waals surface area contributed by atoms with Gasteiger partial charge in [-0.3, -0.25) is 20.4 Å². The van der Waals surface area contributed by atoms with Crippen LogP contribution in [0.3, 0.4) is 0 Å². The molecule has 0 aliphatic heterocycles. The molecule has 5 nitrogen and oxygen atoms in total.